The molecule has 8 heteroatoms. The third-order valence-electron chi connectivity index (χ3n) is 4.25. The van der Waals surface area contributed by atoms with Crippen molar-refractivity contribution in [3.05, 3.63) is 0 Å². The highest BCUT2D eigenvalue weighted by Crippen LogP contribution is 2.30. The molecule has 0 aromatic rings. The van der Waals surface area contributed by atoms with Crippen LogP contribution in [0.25, 0.3) is 0 Å². The maximum Gasteiger partial charge on any atom is 0.215 e. The second kappa shape index (κ2) is 6.28. The van der Waals surface area contributed by atoms with Crippen LogP contribution in [0, 0.1) is 0 Å². The van der Waals surface area contributed by atoms with Crippen LogP contribution in [0.4, 0.5) is 0 Å². The third kappa shape index (κ3) is 3.24. The van der Waals surface area contributed by atoms with Gasteiger partial charge in [0, 0.05) is 13.2 Å². The summed E-state index contributed by atoms with van der Waals surface area (Å²) in [4.78, 5) is 0. The molecule has 0 spiro atoms. The lowest BCUT2D eigenvalue weighted by Gasteiger charge is -2.38. The lowest BCUT2D eigenvalue weighted by molar-refractivity contribution is 0.0979. The molecule has 1 saturated carbocycles. The molecule has 0 aromatic carbocycles. The fraction of sp³-hybridized carbons (Fsp3) is 0.917. The Morgan fingerprint density at radius 1 is 1.25 bits per heavy atom. The van der Waals surface area contributed by atoms with E-state index >= 15 is 0 Å². The quantitative estimate of drug-likeness (QED) is 0.303. The van der Waals surface area contributed by atoms with Crippen molar-refractivity contribution in [2.75, 3.05) is 13.2 Å². The number of hydrogen-bond acceptors (Lipinski definition) is 5. The molecule has 0 unspecified atom stereocenters. The van der Waals surface area contributed by atoms with E-state index in [1.165, 1.54) is 0 Å². The molecule has 1 heterocycles. The fourth-order valence-electron chi connectivity index (χ4n) is 3.00. The van der Waals surface area contributed by atoms with Gasteiger partial charge in [0.05, 0.1) is 10.8 Å². The van der Waals surface area contributed by atoms with Crippen molar-refractivity contribution in [3.8, 4) is 0 Å². The van der Waals surface area contributed by atoms with E-state index in [4.69, 9.17) is 15.7 Å². The van der Waals surface area contributed by atoms with Crippen LogP contribution in [-0.4, -0.2) is 43.5 Å². The van der Waals surface area contributed by atoms with Crippen molar-refractivity contribution in [2.45, 2.75) is 55.7 Å². The van der Waals surface area contributed by atoms with Crippen LogP contribution in [0.2, 0.25) is 0 Å². The summed E-state index contributed by atoms with van der Waals surface area (Å²) in [5.74, 6) is -0.0344. The lowest BCUT2D eigenvalue weighted by atomic mass is 9.82. The van der Waals surface area contributed by atoms with Gasteiger partial charge in [-0.3, -0.25) is 0 Å². The second-order valence-electron chi connectivity index (χ2n) is 5.59. The third-order valence-corrected chi connectivity index (χ3v) is 6.27. The summed E-state index contributed by atoms with van der Waals surface area (Å²) in [7, 11) is -3.50. The summed E-state index contributed by atoms with van der Waals surface area (Å²) in [6.45, 7) is 0.921. The highest BCUT2D eigenvalue weighted by Gasteiger charge is 2.42. The lowest BCUT2D eigenvalue weighted by Crippen LogP contribution is -2.60. The Balaban J connectivity index is 2.18. The zero-order valence-electron chi connectivity index (χ0n) is 11.5. The number of amidine groups is 1. The minimum absolute atomic E-state index is 0.0344. The molecule has 20 heavy (non-hydrogen) atoms. The van der Waals surface area contributed by atoms with Crippen molar-refractivity contribution < 1.29 is 18.4 Å². The van der Waals surface area contributed by atoms with Gasteiger partial charge in [-0.2, -0.15) is 0 Å². The molecule has 0 amide bonds. The first-order chi connectivity index (χ1) is 9.50. The summed E-state index contributed by atoms with van der Waals surface area (Å²) in [6, 6.07) is 0. The molecule has 1 saturated heterocycles. The number of nitrogens with zero attached hydrogens (tertiary/aromatic N) is 1. The Bertz CT molecular complexity index is 451. The molecule has 4 N–H and O–H groups in total. The van der Waals surface area contributed by atoms with Gasteiger partial charge in [-0.25, -0.2) is 13.1 Å². The molecule has 0 bridgehead atoms. The summed E-state index contributed by atoms with van der Waals surface area (Å²) >= 11 is 0. The molecular formula is C12H23N3O4S. The van der Waals surface area contributed by atoms with E-state index in [0.29, 0.717) is 38.9 Å². The first-order valence-corrected chi connectivity index (χ1v) is 8.63. The van der Waals surface area contributed by atoms with Crippen LogP contribution in [0.5, 0.6) is 0 Å². The molecule has 1 aliphatic carbocycles. The van der Waals surface area contributed by atoms with Crippen LogP contribution in [-0.2, 0) is 14.8 Å². The Morgan fingerprint density at radius 2 is 1.85 bits per heavy atom. The molecule has 116 valence electrons. The van der Waals surface area contributed by atoms with Gasteiger partial charge in [0.1, 0.15) is 0 Å². The Labute approximate surface area is 119 Å². The molecule has 0 aromatic heterocycles. The largest absolute Gasteiger partial charge is 0.409 e. The van der Waals surface area contributed by atoms with Crippen LogP contribution in [0.1, 0.15) is 44.9 Å². The zero-order valence-corrected chi connectivity index (χ0v) is 12.4. The number of sulfonamides is 1. The summed E-state index contributed by atoms with van der Waals surface area (Å²) in [6.07, 6.45) is 4.90. The Kier molecular flexibility index (Phi) is 4.87. The van der Waals surface area contributed by atoms with Gasteiger partial charge in [-0.15, -0.1) is 0 Å². The van der Waals surface area contributed by atoms with Crippen LogP contribution in [0.3, 0.4) is 0 Å². The Morgan fingerprint density at radius 3 is 2.40 bits per heavy atom. The summed E-state index contributed by atoms with van der Waals surface area (Å²) in [5.41, 5.74) is 4.84. The fourth-order valence-corrected chi connectivity index (χ4v) is 4.84. The number of nitrogens with one attached hydrogen (secondary N) is 1. The van der Waals surface area contributed by atoms with E-state index in [9.17, 15) is 8.42 Å². The maximum atomic E-state index is 12.5. The van der Waals surface area contributed by atoms with Crippen molar-refractivity contribution in [2.24, 2.45) is 10.9 Å². The first kappa shape index (κ1) is 15.5. The number of hydrogen-bond donors (Lipinski definition) is 3. The van der Waals surface area contributed by atoms with E-state index in [2.05, 4.69) is 9.88 Å². The second-order valence-corrected chi connectivity index (χ2v) is 7.55. The van der Waals surface area contributed by atoms with Gasteiger partial charge >= 0.3 is 0 Å². The molecule has 2 fully saturated rings. The van der Waals surface area contributed by atoms with E-state index in [1.54, 1.807) is 0 Å². The molecule has 7 nitrogen and oxygen atoms in total. The minimum Gasteiger partial charge on any atom is -0.409 e. The molecule has 2 aliphatic rings. The molecular weight excluding hydrogens is 282 g/mol. The first-order valence-electron chi connectivity index (χ1n) is 7.09. The summed E-state index contributed by atoms with van der Waals surface area (Å²) < 4.78 is 33.0. The highest BCUT2D eigenvalue weighted by atomic mass is 32.2. The highest BCUT2D eigenvalue weighted by molar-refractivity contribution is 7.90. The van der Waals surface area contributed by atoms with E-state index in [1.807, 2.05) is 0 Å². The standard InChI is InChI=1S/C12H23N3O4S/c13-11(14-16)12(6-2-1-3-7-12)15-20(17,18)10-4-8-19-9-5-10/h10,15-16H,1-9H2,(H2,13,14). The monoisotopic (exact) mass is 305 g/mol. The predicted molar refractivity (Wildman–Crippen MR) is 75.1 cm³/mol. The Hall–Kier alpha value is -0.860. The van der Waals surface area contributed by atoms with Gasteiger partial charge in [-0.1, -0.05) is 24.4 Å². The predicted octanol–water partition coefficient (Wildman–Crippen LogP) is 0.534. The number of oxime groups is 1. The topological polar surface area (TPSA) is 114 Å². The molecule has 1 aliphatic heterocycles. The molecule has 0 radical (unpaired) electrons. The minimum atomic E-state index is -3.50. The van der Waals surface area contributed by atoms with Gasteiger partial charge in [0.15, 0.2) is 5.84 Å². The zero-order chi connectivity index (χ0) is 14.6. The average Bonchev–Trinajstić information content (AvgIpc) is 2.48. The average molecular weight is 305 g/mol. The van der Waals surface area contributed by atoms with Gasteiger partial charge in [0.2, 0.25) is 10.0 Å². The van der Waals surface area contributed by atoms with Crippen LogP contribution >= 0.6 is 0 Å². The molecule has 2 rings (SSSR count). The van der Waals surface area contributed by atoms with Crippen molar-refractivity contribution >= 4 is 15.9 Å². The van der Waals surface area contributed by atoms with Crippen molar-refractivity contribution in [1.82, 2.24) is 4.72 Å². The van der Waals surface area contributed by atoms with E-state index in [-0.39, 0.29) is 5.84 Å². The van der Waals surface area contributed by atoms with Gasteiger partial charge < -0.3 is 15.7 Å². The number of nitrogens with two attached hydrogens (primary N) is 1. The van der Waals surface area contributed by atoms with Crippen molar-refractivity contribution in [1.29, 1.82) is 0 Å². The normalized spacial score (nSPS) is 25.5. The summed E-state index contributed by atoms with van der Waals surface area (Å²) in [5, 5.41) is 11.6. The van der Waals surface area contributed by atoms with E-state index < -0.39 is 20.8 Å². The maximum absolute atomic E-state index is 12.5. The van der Waals surface area contributed by atoms with Crippen molar-refractivity contribution in [3.63, 3.8) is 0 Å². The smallest absolute Gasteiger partial charge is 0.215 e. The number of rotatable bonds is 4. The molecule has 0 atom stereocenters. The van der Waals surface area contributed by atoms with Gasteiger partial charge in [-0.05, 0) is 25.7 Å². The number of ether oxygens (including phenoxy) is 1. The van der Waals surface area contributed by atoms with E-state index in [0.717, 1.165) is 19.3 Å². The van der Waals surface area contributed by atoms with Crippen LogP contribution < -0.4 is 10.5 Å². The SMILES string of the molecule is NC(=NO)C1(NS(=O)(=O)C2CCOCC2)CCCCC1. The van der Waals surface area contributed by atoms with Gasteiger partial charge in [0.25, 0.3) is 0 Å². The van der Waals surface area contributed by atoms with Crippen LogP contribution in [0.15, 0.2) is 5.16 Å².